The quantitative estimate of drug-likeness (QED) is 0.561. The lowest BCUT2D eigenvalue weighted by Crippen LogP contribution is -2.13. The highest BCUT2D eigenvalue weighted by molar-refractivity contribution is 7.81. The van der Waals surface area contributed by atoms with Gasteiger partial charge in [-0.2, -0.15) is 12.6 Å². The number of hydrogen-bond acceptors (Lipinski definition) is 1. The Morgan fingerprint density at radius 1 is 1.38 bits per heavy atom. The van der Waals surface area contributed by atoms with E-state index in [9.17, 15) is 0 Å². The summed E-state index contributed by atoms with van der Waals surface area (Å²) < 4.78 is 0.286. The lowest BCUT2D eigenvalue weighted by molar-refractivity contribution is 0.564. The van der Waals surface area contributed by atoms with Crippen LogP contribution in [0.3, 0.4) is 0 Å². The monoisotopic (exact) mass is 132 g/mol. The van der Waals surface area contributed by atoms with Crippen LogP contribution in [-0.4, -0.2) is 4.75 Å². The molecule has 0 amide bonds. The molecule has 0 aromatic rings. The molecule has 0 heterocycles. The molecule has 0 bridgehead atoms. The van der Waals surface area contributed by atoms with E-state index in [1.165, 1.54) is 19.3 Å². The Balaban J connectivity index is 3.37. The van der Waals surface area contributed by atoms with E-state index in [1.807, 2.05) is 0 Å². The Hall–Kier alpha value is 0.350. The highest BCUT2D eigenvalue weighted by Crippen LogP contribution is 2.23. The fraction of sp³-hybridized carbons (Fsp3) is 1.00. The van der Waals surface area contributed by atoms with E-state index in [-0.39, 0.29) is 4.75 Å². The van der Waals surface area contributed by atoms with Crippen LogP contribution in [0, 0.1) is 0 Å². The molecule has 8 heavy (non-hydrogen) atoms. The van der Waals surface area contributed by atoms with E-state index < -0.39 is 0 Å². The molecule has 0 fully saturated rings. The average Bonchev–Trinajstić information content (AvgIpc) is 1.67. The van der Waals surface area contributed by atoms with Gasteiger partial charge in [-0.05, 0) is 12.8 Å². The molecule has 0 aromatic heterocycles. The summed E-state index contributed by atoms with van der Waals surface area (Å²) in [7, 11) is 0. The minimum absolute atomic E-state index is 0.286. The van der Waals surface area contributed by atoms with Crippen molar-refractivity contribution in [2.45, 2.75) is 44.8 Å². The second-order valence-electron chi connectivity index (χ2n) is 2.60. The van der Waals surface area contributed by atoms with Gasteiger partial charge in [-0.15, -0.1) is 0 Å². The fourth-order valence-corrected chi connectivity index (χ4v) is 0.939. The predicted octanol–water partition coefficient (Wildman–Crippen LogP) is 2.89. The van der Waals surface area contributed by atoms with Gasteiger partial charge in [-0.25, -0.2) is 0 Å². The minimum Gasteiger partial charge on any atom is -0.173 e. The highest BCUT2D eigenvalue weighted by Gasteiger charge is 2.13. The molecule has 0 aliphatic heterocycles. The number of thiol groups is 1. The SMILES string of the molecule is CCCC(C)(S)CC. The fourth-order valence-electron chi connectivity index (χ4n) is 0.715. The predicted molar refractivity (Wildman–Crippen MR) is 42.6 cm³/mol. The van der Waals surface area contributed by atoms with Gasteiger partial charge < -0.3 is 0 Å². The van der Waals surface area contributed by atoms with Gasteiger partial charge in [0.25, 0.3) is 0 Å². The van der Waals surface area contributed by atoms with Gasteiger partial charge in [0, 0.05) is 4.75 Å². The summed E-state index contributed by atoms with van der Waals surface area (Å²) >= 11 is 4.47. The average molecular weight is 132 g/mol. The summed E-state index contributed by atoms with van der Waals surface area (Å²) in [4.78, 5) is 0. The lowest BCUT2D eigenvalue weighted by atomic mass is 10.0. The molecule has 0 aliphatic rings. The third-order valence-electron chi connectivity index (χ3n) is 1.55. The third kappa shape index (κ3) is 3.36. The third-order valence-corrected chi connectivity index (χ3v) is 2.09. The van der Waals surface area contributed by atoms with Crippen molar-refractivity contribution in [3.8, 4) is 0 Å². The Labute approximate surface area is 58.1 Å². The van der Waals surface area contributed by atoms with E-state index >= 15 is 0 Å². The Morgan fingerprint density at radius 3 is 2.00 bits per heavy atom. The molecule has 0 radical (unpaired) electrons. The zero-order chi connectivity index (χ0) is 6.62. The molecule has 0 rings (SSSR count). The molecule has 0 saturated carbocycles. The van der Waals surface area contributed by atoms with Crippen molar-refractivity contribution in [1.29, 1.82) is 0 Å². The van der Waals surface area contributed by atoms with E-state index in [0.29, 0.717) is 0 Å². The highest BCUT2D eigenvalue weighted by atomic mass is 32.1. The van der Waals surface area contributed by atoms with Gasteiger partial charge in [0.15, 0.2) is 0 Å². The van der Waals surface area contributed by atoms with E-state index in [1.54, 1.807) is 0 Å². The molecule has 50 valence electrons. The molecule has 0 N–H and O–H groups in total. The first-order valence-electron chi connectivity index (χ1n) is 3.34. The summed E-state index contributed by atoms with van der Waals surface area (Å²) in [6.45, 7) is 6.58. The van der Waals surface area contributed by atoms with Crippen LogP contribution in [0.15, 0.2) is 0 Å². The van der Waals surface area contributed by atoms with Crippen molar-refractivity contribution in [3.05, 3.63) is 0 Å². The zero-order valence-electron chi connectivity index (χ0n) is 6.07. The minimum atomic E-state index is 0.286. The van der Waals surface area contributed by atoms with Gasteiger partial charge in [0.1, 0.15) is 0 Å². The van der Waals surface area contributed by atoms with Crippen molar-refractivity contribution < 1.29 is 0 Å². The van der Waals surface area contributed by atoms with Crippen LogP contribution < -0.4 is 0 Å². The molecule has 1 atom stereocenters. The molecular weight excluding hydrogens is 116 g/mol. The first-order chi connectivity index (χ1) is 3.62. The molecule has 0 aliphatic carbocycles. The molecule has 0 nitrogen and oxygen atoms in total. The van der Waals surface area contributed by atoms with Crippen LogP contribution >= 0.6 is 12.6 Å². The second kappa shape index (κ2) is 3.39. The maximum atomic E-state index is 4.47. The normalized spacial score (nSPS) is 18.0. The van der Waals surface area contributed by atoms with Crippen LogP contribution in [0.1, 0.15) is 40.0 Å². The first-order valence-corrected chi connectivity index (χ1v) is 3.79. The van der Waals surface area contributed by atoms with Gasteiger partial charge in [0.2, 0.25) is 0 Å². The van der Waals surface area contributed by atoms with E-state index in [0.717, 1.165) is 0 Å². The van der Waals surface area contributed by atoms with E-state index in [4.69, 9.17) is 0 Å². The summed E-state index contributed by atoms with van der Waals surface area (Å²) in [5.41, 5.74) is 0. The molecule has 0 aromatic carbocycles. The summed E-state index contributed by atoms with van der Waals surface area (Å²) in [6, 6.07) is 0. The van der Waals surface area contributed by atoms with Gasteiger partial charge in [0.05, 0.1) is 0 Å². The van der Waals surface area contributed by atoms with E-state index in [2.05, 4.69) is 33.4 Å². The van der Waals surface area contributed by atoms with Crippen LogP contribution in [0.2, 0.25) is 0 Å². The Morgan fingerprint density at radius 2 is 1.88 bits per heavy atom. The van der Waals surface area contributed by atoms with Gasteiger partial charge in [-0.3, -0.25) is 0 Å². The van der Waals surface area contributed by atoms with Gasteiger partial charge >= 0.3 is 0 Å². The second-order valence-corrected chi connectivity index (χ2v) is 3.68. The van der Waals surface area contributed by atoms with Crippen LogP contribution in [0.25, 0.3) is 0 Å². The summed E-state index contributed by atoms with van der Waals surface area (Å²) in [5.74, 6) is 0. The summed E-state index contributed by atoms with van der Waals surface area (Å²) in [5, 5.41) is 0. The topological polar surface area (TPSA) is 0 Å². The Kier molecular flexibility index (Phi) is 3.54. The number of rotatable bonds is 3. The maximum Gasteiger partial charge on any atom is 0.00986 e. The lowest BCUT2D eigenvalue weighted by Gasteiger charge is -2.19. The zero-order valence-corrected chi connectivity index (χ0v) is 6.96. The molecule has 0 spiro atoms. The van der Waals surface area contributed by atoms with Crippen molar-refractivity contribution in [2.24, 2.45) is 0 Å². The van der Waals surface area contributed by atoms with Crippen LogP contribution in [0.4, 0.5) is 0 Å². The van der Waals surface area contributed by atoms with Gasteiger partial charge in [-0.1, -0.05) is 27.2 Å². The molecular formula is C7H16S. The van der Waals surface area contributed by atoms with Crippen molar-refractivity contribution >= 4 is 12.6 Å². The molecule has 0 saturated heterocycles. The summed E-state index contributed by atoms with van der Waals surface area (Å²) in [6.07, 6.45) is 3.64. The largest absolute Gasteiger partial charge is 0.173 e. The molecule has 1 heteroatoms. The molecule has 1 unspecified atom stereocenters. The standard InChI is InChI=1S/C7H16S/c1-4-6-7(3,8)5-2/h8H,4-6H2,1-3H3. The van der Waals surface area contributed by atoms with Crippen LogP contribution in [0.5, 0.6) is 0 Å². The van der Waals surface area contributed by atoms with Crippen molar-refractivity contribution in [2.75, 3.05) is 0 Å². The van der Waals surface area contributed by atoms with Crippen LogP contribution in [-0.2, 0) is 0 Å². The Bertz CT molecular complexity index is 57.4. The smallest absolute Gasteiger partial charge is 0.00986 e. The number of hydrogen-bond donors (Lipinski definition) is 1. The van der Waals surface area contributed by atoms with Crippen molar-refractivity contribution in [1.82, 2.24) is 0 Å². The first kappa shape index (κ1) is 8.35. The maximum absolute atomic E-state index is 4.47. The van der Waals surface area contributed by atoms with Crippen molar-refractivity contribution in [3.63, 3.8) is 0 Å².